The highest BCUT2D eigenvalue weighted by molar-refractivity contribution is 6.06. The van der Waals surface area contributed by atoms with Gasteiger partial charge >= 0.3 is 0 Å². The van der Waals surface area contributed by atoms with Gasteiger partial charge in [0, 0.05) is 11.9 Å². The van der Waals surface area contributed by atoms with Gasteiger partial charge in [0.2, 0.25) is 5.91 Å². The van der Waals surface area contributed by atoms with E-state index in [1.165, 1.54) is 12.1 Å². The molecule has 23 heavy (non-hydrogen) atoms. The summed E-state index contributed by atoms with van der Waals surface area (Å²) in [5, 5.41) is 16.0. The van der Waals surface area contributed by atoms with E-state index in [1.807, 2.05) is 0 Å². The standard InChI is InChI=1S/C16H16N4O3/c1-11(10-15(22)18-14-8-4-5-9-17-14)19-20-16(23)12-6-2-3-7-13(12)21/h2-9,21H,10H2,1H3,(H,20,23)(H,17,18,22)/b19-11-. The molecule has 2 amide bonds. The quantitative estimate of drug-likeness (QED) is 0.579. The number of phenols is 1. The monoisotopic (exact) mass is 312 g/mol. The van der Waals surface area contributed by atoms with Crippen LogP contribution in [0, 0.1) is 0 Å². The lowest BCUT2D eigenvalue weighted by Crippen LogP contribution is -2.21. The molecule has 7 nitrogen and oxygen atoms in total. The molecule has 2 aromatic rings. The zero-order chi connectivity index (χ0) is 16.7. The first-order valence-corrected chi connectivity index (χ1v) is 6.88. The van der Waals surface area contributed by atoms with Crippen molar-refractivity contribution in [1.29, 1.82) is 0 Å². The van der Waals surface area contributed by atoms with Crippen LogP contribution >= 0.6 is 0 Å². The zero-order valence-electron chi connectivity index (χ0n) is 12.5. The van der Waals surface area contributed by atoms with Gasteiger partial charge in [-0.15, -0.1) is 0 Å². The van der Waals surface area contributed by atoms with Gasteiger partial charge < -0.3 is 10.4 Å². The molecule has 1 heterocycles. The normalized spacial score (nSPS) is 10.9. The van der Waals surface area contributed by atoms with Crippen molar-refractivity contribution in [3.63, 3.8) is 0 Å². The summed E-state index contributed by atoms with van der Waals surface area (Å²) in [5.41, 5.74) is 2.83. The summed E-state index contributed by atoms with van der Waals surface area (Å²) in [6, 6.07) is 11.3. The first-order valence-electron chi connectivity index (χ1n) is 6.88. The van der Waals surface area contributed by atoms with E-state index in [4.69, 9.17) is 0 Å². The molecule has 118 valence electrons. The lowest BCUT2D eigenvalue weighted by Gasteiger charge is -2.05. The summed E-state index contributed by atoms with van der Waals surface area (Å²) in [7, 11) is 0. The van der Waals surface area contributed by atoms with Crippen molar-refractivity contribution >= 4 is 23.3 Å². The smallest absolute Gasteiger partial charge is 0.275 e. The molecule has 0 aliphatic rings. The van der Waals surface area contributed by atoms with Gasteiger partial charge in [-0.3, -0.25) is 9.59 Å². The van der Waals surface area contributed by atoms with Crippen LogP contribution in [-0.4, -0.2) is 27.6 Å². The third-order valence-corrected chi connectivity index (χ3v) is 2.85. The highest BCUT2D eigenvalue weighted by Gasteiger charge is 2.10. The molecule has 7 heteroatoms. The number of nitrogens with one attached hydrogen (secondary N) is 2. The van der Waals surface area contributed by atoms with Gasteiger partial charge in [-0.05, 0) is 31.2 Å². The van der Waals surface area contributed by atoms with Gasteiger partial charge in [-0.25, -0.2) is 10.4 Å². The molecule has 0 aliphatic heterocycles. The number of hydrogen-bond donors (Lipinski definition) is 3. The maximum absolute atomic E-state index is 11.9. The predicted octanol–water partition coefficient (Wildman–Crippen LogP) is 1.92. The van der Waals surface area contributed by atoms with Crippen molar-refractivity contribution in [2.24, 2.45) is 5.10 Å². The summed E-state index contributed by atoms with van der Waals surface area (Å²) in [4.78, 5) is 27.6. The molecule has 0 bridgehead atoms. The minimum atomic E-state index is -0.549. The van der Waals surface area contributed by atoms with Crippen LogP contribution in [0.5, 0.6) is 5.75 Å². The summed E-state index contributed by atoms with van der Waals surface area (Å²) in [6.45, 7) is 1.61. The van der Waals surface area contributed by atoms with Gasteiger partial charge in [0.05, 0.1) is 12.0 Å². The van der Waals surface area contributed by atoms with Crippen LogP contribution in [-0.2, 0) is 4.79 Å². The van der Waals surface area contributed by atoms with Gasteiger partial charge in [-0.2, -0.15) is 5.10 Å². The average molecular weight is 312 g/mol. The van der Waals surface area contributed by atoms with E-state index < -0.39 is 5.91 Å². The van der Waals surface area contributed by atoms with E-state index in [1.54, 1.807) is 43.5 Å². The van der Waals surface area contributed by atoms with Crippen LogP contribution in [0.25, 0.3) is 0 Å². The number of aromatic hydroxyl groups is 1. The second kappa shape index (κ2) is 7.69. The maximum atomic E-state index is 11.9. The molecule has 1 aromatic heterocycles. The van der Waals surface area contributed by atoms with Crippen LogP contribution in [0.1, 0.15) is 23.7 Å². The Morgan fingerprint density at radius 2 is 1.91 bits per heavy atom. The fourth-order valence-electron chi connectivity index (χ4n) is 1.77. The molecule has 0 spiro atoms. The van der Waals surface area contributed by atoms with Crippen molar-refractivity contribution < 1.29 is 14.7 Å². The number of pyridine rings is 1. The summed E-state index contributed by atoms with van der Waals surface area (Å²) in [5.74, 6) is -0.524. The van der Waals surface area contributed by atoms with Crippen molar-refractivity contribution in [2.45, 2.75) is 13.3 Å². The minimum Gasteiger partial charge on any atom is -0.507 e. The third-order valence-electron chi connectivity index (χ3n) is 2.85. The number of hydrazone groups is 1. The van der Waals surface area contributed by atoms with Gasteiger partial charge in [0.1, 0.15) is 11.6 Å². The van der Waals surface area contributed by atoms with Crippen LogP contribution in [0.3, 0.4) is 0 Å². The number of carbonyl (C=O) groups is 2. The van der Waals surface area contributed by atoms with Crippen LogP contribution < -0.4 is 10.7 Å². The third kappa shape index (κ3) is 4.92. The highest BCUT2D eigenvalue weighted by Crippen LogP contribution is 2.14. The molecule has 0 saturated carbocycles. The number of benzene rings is 1. The van der Waals surface area contributed by atoms with Crippen molar-refractivity contribution in [1.82, 2.24) is 10.4 Å². The number of phenolic OH excluding ortho intramolecular Hbond substituents is 1. The van der Waals surface area contributed by atoms with Gasteiger partial charge in [0.15, 0.2) is 0 Å². The lowest BCUT2D eigenvalue weighted by atomic mass is 10.2. The Labute approximate surface area is 133 Å². The van der Waals surface area contributed by atoms with E-state index in [-0.39, 0.29) is 23.6 Å². The summed E-state index contributed by atoms with van der Waals surface area (Å²) in [6.07, 6.45) is 1.58. The first-order chi connectivity index (χ1) is 11.1. The number of anilines is 1. The average Bonchev–Trinajstić information content (AvgIpc) is 2.54. The fraction of sp³-hybridized carbons (Fsp3) is 0.125. The van der Waals surface area contributed by atoms with E-state index in [9.17, 15) is 14.7 Å². The number of hydrogen-bond acceptors (Lipinski definition) is 5. The molecule has 2 rings (SSSR count). The molecule has 1 aromatic carbocycles. The van der Waals surface area contributed by atoms with Crippen LogP contribution in [0.15, 0.2) is 53.8 Å². The number of para-hydroxylation sites is 1. The zero-order valence-corrected chi connectivity index (χ0v) is 12.5. The van der Waals surface area contributed by atoms with Crippen molar-refractivity contribution in [2.75, 3.05) is 5.32 Å². The molecule has 0 radical (unpaired) electrons. The second-order valence-electron chi connectivity index (χ2n) is 4.75. The lowest BCUT2D eigenvalue weighted by molar-refractivity contribution is -0.115. The molecular weight excluding hydrogens is 296 g/mol. The van der Waals surface area contributed by atoms with Crippen molar-refractivity contribution in [3.05, 3.63) is 54.2 Å². The molecule has 0 unspecified atom stereocenters. The van der Waals surface area contributed by atoms with E-state index in [0.717, 1.165) is 0 Å². The molecule has 0 aliphatic carbocycles. The Bertz CT molecular complexity index is 729. The molecule has 0 atom stereocenters. The number of aromatic nitrogens is 1. The van der Waals surface area contributed by atoms with E-state index in [2.05, 4.69) is 20.8 Å². The summed E-state index contributed by atoms with van der Waals surface area (Å²) >= 11 is 0. The van der Waals surface area contributed by atoms with Crippen LogP contribution in [0.2, 0.25) is 0 Å². The minimum absolute atomic E-state index is 0.0115. The van der Waals surface area contributed by atoms with E-state index >= 15 is 0 Å². The maximum Gasteiger partial charge on any atom is 0.275 e. The Morgan fingerprint density at radius 1 is 1.17 bits per heavy atom. The molecule has 0 saturated heterocycles. The number of nitrogens with zero attached hydrogens (tertiary/aromatic N) is 2. The van der Waals surface area contributed by atoms with Crippen molar-refractivity contribution in [3.8, 4) is 5.75 Å². The number of rotatable bonds is 5. The Morgan fingerprint density at radius 3 is 2.61 bits per heavy atom. The van der Waals surface area contributed by atoms with Crippen LogP contribution in [0.4, 0.5) is 5.82 Å². The Balaban J connectivity index is 1.89. The predicted molar refractivity (Wildman–Crippen MR) is 86.2 cm³/mol. The molecular formula is C16H16N4O3. The number of carbonyl (C=O) groups excluding carboxylic acids is 2. The summed E-state index contributed by atoms with van der Waals surface area (Å²) < 4.78 is 0. The van der Waals surface area contributed by atoms with Gasteiger partial charge in [-0.1, -0.05) is 18.2 Å². The SMILES string of the molecule is C/C(CC(=O)Nc1ccccn1)=N/NC(=O)c1ccccc1O. The topological polar surface area (TPSA) is 104 Å². The molecule has 0 fully saturated rings. The molecule has 3 N–H and O–H groups in total. The van der Waals surface area contributed by atoms with E-state index in [0.29, 0.717) is 11.5 Å². The number of amides is 2. The first kappa shape index (κ1) is 16.2. The van der Waals surface area contributed by atoms with Gasteiger partial charge in [0.25, 0.3) is 5.91 Å². The second-order valence-corrected chi connectivity index (χ2v) is 4.75. The highest BCUT2D eigenvalue weighted by atomic mass is 16.3. The Hall–Kier alpha value is -3.22. The fourth-order valence-corrected chi connectivity index (χ4v) is 1.77. The largest absolute Gasteiger partial charge is 0.507 e. The Kier molecular flexibility index (Phi) is 5.40.